The van der Waals surface area contributed by atoms with Gasteiger partial charge in [-0.15, -0.1) is 0 Å². The summed E-state index contributed by atoms with van der Waals surface area (Å²) in [7, 11) is 0. The van der Waals surface area contributed by atoms with E-state index in [2.05, 4.69) is 0 Å². The van der Waals surface area contributed by atoms with Gasteiger partial charge in [0.15, 0.2) is 5.12 Å². The molecule has 11 heavy (non-hydrogen) atoms. The van der Waals surface area contributed by atoms with Gasteiger partial charge in [-0.3, -0.25) is 9.59 Å². The maximum atomic E-state index is 10.7. The molecule has 1 N–H and O–H groups in total. The highest BCUT2D eigenvalue weighted by Crippen LogP contribution is 2.10. The van der Waals surface area contributed by atoms with Gasteiger partial charge >= 0.3 is 5.97 Å². The zero-order valence-electron chi connectivity index (χ0n) is 6.66. The zero-order chi connectivity index (χ0) is 8.85. The summed E-state index contributed by atoms with van der Waals surface area (Å²) >= 11 is 1.09. The summed E-state index contributed by atoms with van der Waals surface area (Å²) in [6.07, 6.45) is 0.469. The number of carboxylic acid groups (broad SMARTS) is 1. The van der Waals surface area contributed by atoms with E-state index in [0.717, 1.165) is 11.8 Å². The third kappa shape index (κ3) is 4.84. The fraction of sp³-hybridized carbons (Fsp3) is 0.714. The largest absolute Gasteiger partial charge is 0.481 e. The van der Waals surface area contributed by atoms with Crippen LogP contribution in [0.1, 0.15) is 20.3 Å². The van der Waals surface area contributed by atoms with Gasteiger partial charge < -0.3 is 5.11 Å². The summed E-state index contributed by atoms with van der Waals surface area (Å²) in [5.74, 6) is -0.904. The normalized spacial score (nSPS) is 12.5. The molecule has 0 aromatic rings. The van der Waals surface area contributed by atoms with Gasteiger partial charge in [0.2, 0.25) is 0 Å². The van der Waals surface area contributed by atoms with Crippen LogP contribution in [0.4, 0.5) is 0 Å². The molecule has 0 saturated heterocycles. The molecule has 1 unspecified atom stereocenters. The number of hydrogen-bond acceptors (Lipinski definition) is 3. The minimum Gasteiger partial charge on any atom is -0.481 e. The number of carbonyl (C=O) groups excluding carboxylic acids is 1. The first-order valence-electron chi connectivity index (χ1n) is 3.46. The number of thioether (sulfide) groups is 1. The Labute approximate surface area is 70.2 Å². The van der Waals surface area contributed by atoms with E-state index in [9.17, 15) is 9.59 Å². The molecule has 0 aromatic carbocycles. The standard InChI is InChI=1S/C7H12O3S/c1-3-6(8)11-4-5(2)7(9)10/h5H,3-4H2,1-2H3,(H,9,10). The van der Waals surface area contributed by atoms with Crippen molar-refractivity contribution in [3.63, 3.8) is 0 Å². The van der Waals surface area contributed by atoms with Crippen molar-refractivity contribution >= 4 is 22.8 Å². The van der Waals surface area contributed by atoms with Gasteiger partial charge in [0.25, 0.3) is 0 Å². The Hall–Kier alpha value is -0.510. The molecule has 0 saturated carbocycles. The molecule has 64 valence electrons. The van der Waals surface area contributed by atoms with Crippen LogP contribution >= 0.6 is 11.8 Å². The van der Waals surface area contributed by atoms with E-state index in [1.807, 2.05) is 0 Å². The molecule has 0 aromatic heterocycles. The fourth-order valence-electron chi connectivity index (χ4n) is 0.391. The second-order valence-electron chi connectivity index (χ2n) is 2.28. The van der Waals surface area contributed by atoms with Gasteiger partial charge in [0.05, 0.1) is 5.92 Å². The van der Waals surface area contributed by atoms with E-state index < -0.39 is 11.9 Å². The van der Waals surface area contributed by atoms with Crippen molar-refractivity contribution in [1.82, 2.24) is 0 Å². The maximum Gasteiger partial charge on any atom is 0.307 e. The summed E-state index contributed by atoms with van der Waals surface area (Å²) < 4.78 is 0. The third-order valence-electron chi connectivity index (χ3n) is 1.20. The molecule has 0 aliphatic rings. The highest BCUT2D eigenvalue weighted by molar-refractivity contribution is 8.13. The van der Waals surface area contributed by atoms with E-state index >= 15 is 0 Å². The monoisotopic (exact) mass is 176 g/mol. The molecule has 3 nitrogen and oxygen atoms in total. The molecular weight excluding hydrogens is 164 g/mol. The van der Waals surface area contributed by atoms with Crippen molar-refractivity contribution in [3.05, 3.63) is 0 Å². The first-order valence-corrected chi connectivity index (χ1v) is 4.45. The van der Waals surface area contributed by atoms with Crippen molar-refractivity contribution in [1.29, 1.82) is 0 Å². The Morgan fingerprint density at radius 2 is 2.09 bits per heavy atom. The highest BCUT2D eigenvalue weighted by Gasteiger charge is 2.12. The summed E-state index contributed by atoms with van der Waals surface area (Å²) in [6.45, 7) is 3.36. The van der Waals surface area contributed by atoms with Gasteiger partial charge in [-0.1, -0.05) is 25.6 Å². The lowest BCUT2D eigenvalue weighted by molar-refractivity contribution is -0.140. The van der Waals surface area contributed by atoms with Gasteiger partial charge in [-0.2, -0.15) is 0 Å². The molecule has 0 aliphatic heterocycles. The summed E-state index contributed by atoms with van der Waals surface area (Å²) in [6, 6.07) is 0. The molecule has 4 heteroatoms. The molecule has 0 amide bonds. The van der Waals surface area contributed by atoms with Crippen LogP contribution in [0.5, 0.6) is 0 Å². The van der Waals surface area contributed by atoms with Crippen LogP contribution in [0.3, 0.4) is 0 Å². The van der Waals surface area contributed by atoms with Crippen LogP contribution < -0.4 is 0 Å². The summed E-state index contributed by atoms with van der Waals surface area (Å²) in [5, 5.41) is 8.50. The predicted molar refractivity (Wildman–Crippen MR) is 44.6 cm³/mol. The number of aliphatic carboxylic acids is 1. The number of carboxylic acids is 1. The molecule has 0 rings (SSSR count). The van der Waals surface area contributed by atoms with Crippen LogP contribution in [0.2, 0.25) is 0 Å². The maximum absolute atomic E-state index is 10.7. The Kier molecular flexibility index (Phi) is 4.94. The van der Waals surface area contributed by atoms with E-state index in [-0.39, 0.29) is 5.12 Å². The van der Waals surface area contributed by atoms with Gasteiger partial charge in [-0.25, -0.2) is 0 Å². The number of carbonyl (C=O) groups is 2. The smallest absolute Gasteiger partial charge is 0.307 e. The van der Waals surface area contributed by atoms with Crippen LogP contribution in [-0.2, 0) is 9.59 Å². The van der Waals surface area contributed by atoms with Gasteiger partial charge in [0, 0.05) is 12.2 Å². The van der Waals surface area contributed by atoms with Crippen LogP contribution in [0.25, 0.3) is 0 Å². The lowest BCUT2D eigenvalue weighted by Crippen LogP contribution is -2.12. The average molecular weight is 176 g/mol. The minimum absolute atomic E-state index is 0.0538. The Morgan fingerprint density at radius 3 is 2.45 bits per heavy atom. The van der Waals surface area contributed by atoms with Crippen LogP contribution in [-0.4, -0.2) is 21.9 Å². The Balaban J connectivity index is 3.54. The van der Waals surface area contributed by atoms with Crippen LogP contribution in [0, 0.1) is 5.92 Å². The second kappa shape index (κ2) is 5.18. The Morgan fingerprint density at radius 1 is 1.55 bits per heavy atom. The number of rotatable bonds is 4. The first-order chi connectivity index (χ1) is 5.07. The number of hydrogen-bond donors (Lipinski definition) is 1. The average Bonchev–Trinajstić information content (AvgIpc) is 1.99. The lowest BCUT2D eigenvalue weighted by atomic mass is 10.2. The molecule has 0 bridgehead atoms. The van der Waals surface area contributed by atoms with Gasteiger partial charge in [-0.05, 0) is 0 Å². The molecule has 0 aliphatic carbocycles. The second-order valence-corrected chi connectivity index (χ2v) is 3.35. The third-order valence-corrected chi connectivity index (χ3v) is 2.48. The summed E-state index contributed by atoms with van der Waals surface area (Å²) in [5.41, 5.74) is 0. The molecule has 0 fully saturated rings. The fourth-order valence-corrected chi connectivity index (χ4v) is 1.17. The lowest BCUT2D eigenvalue weighted by Gasteiger charge is -2.02. The minimum atomic E-state index is -0.846. The molecule has 0 radical (unpaired) electrons. The zero-order valence-corrected chi connectivity index (χ0v) is 7.48. The van der Waals surface area contributed by atoms with E-state index in [0.29, 0.717) is 12.2 Å². The molecule has 1 atom stereocenters. The molecule has 0 heterocycles. The quantitative estimate of drug-likeness (QED) is 0.703. The van der Waals surface area contributed by atoms with Gasteiger partial charge in [0.1, 0.15) is 0 Å². The van der Waals surface area contributed by atoms with Crippen molar-refractivity contribution < 1.29 is 14.7 Å². The van der Waals surface area contributed by atoms with Crippen molar-refractivity contribution in [3.8, 4) is 0 Å². The highest BCUT2D eigenvalue weighted by atomic mass is 32.2. The Bertz CT molecular complexity index is 156. The van der Waals surface area contributed by atoms with Crippen LogP contribution in [0.15, 0.2) is 0 Å². The van der Waals surface area contributed by atoms with E-state index in [1.54, 1.807) is 13.8 Å². The molecule has 0 spiro atoms. The first kappa shape index (κ1) is 10.5. The topological polar surface area (TPSA) is 54.4 Å². The van der Waals surface area contributed by atoms with E-state index in [4.69, 9.17) is 5.11 Å². The SMILES string of the molecule is CCC(=O)SCC(C)C(=O)O. The van der Waals surface area contributed by atoms with Crippen molar-refractivity contribution in [2.45, 2.75) is 20.3 Å². The molecular formula is C7H12O3S. The van der Waals surface area contributed by atoms with E-state index in [1.165, 1.54) is 0 Å². The predicted octanol–water partition coefficient (Wildman–Crippen LogP) is 1.38. The summed E-state index contributed by atoms with van der Waals surface area (Å²) in [4.78, 5) is 21.0. The van der Waals surface area contributed by atoms with Crippen molar-refractivity contribution in [2.24, 2.45) is 5.92 Å². The van der Waals surface area contributed by atoms with Crippen molar-refractivity contribution in [2.75, 3.05) is 5.75 Å².